The Morgan fingerprint density at radius 1 is 1.06 bits per heavy atom. The summed E-state index contributed by atoms with van der Waals surface area (Å²) in [5.74, 6) is 5.93. The highest BCUT2D eigenvalue weighted by Crippen LogP contribution is 2.08. The molecule has 0 aromatic carbocycles. The van der Waals surface area contributed by atoms with Crippen molar-refractivity contribution in [1.82, 2.24) is 5.32 Å². The number of amides is 1. The van der Waals surface area contributed by atoms with Crippen LogP contribution < -0.4 is 5.32 Å². The molecule has 0 saturated carbocycles. The molecule has 1 amide bonds. The van der Waals surface area contributed by atoms with E-state index in [0.29, 0.717) is 13.0 Å². The Labute approximate surface area is 107 Å². The van der Waals surface area contributed by atoms with Gasteiger partial charge in [0.25, 0.3) is 0 Å². The molecule has 0 radical (unpaired) electrons. The second-order valence-corrected chi connectivity index (χ2v) is 4.40. The fourth-order valence-corrected chi connectivity index (χ4v) is 1.72. The van der Waals surface area contributed by atoms with Crippen molar-refractivity contribution in [2.45, 2.75) is 71.6 Å². The molecule has 1 N–H and O–H groups in total. The summed E-state index contributed by atoms with van der Waals surface area (Å²) in [7, 11) is 0. The van der Waals surface area contributed by atoms with Crippen LogP contribution in [0.5, 0.6) is 0 Å². The second kappa shape index (κ2) is 13.1. The van der Waals surface area contributed by atoms with E-state index in [-0.39, 0.29) is 5.91 Å². The minimum Gasteiger partial charge on any atom is -0.355 e. The second-order valence-electron chi connectivity index (χ2n) is 4.40. The van der Waals surface area contributed by atoms with E-state index in [1.165, 1.54) is 38.5 Å². The summed E-state index contributed by atoms with van der Waals surface area (Å²) in [6, 6.07) is 0. The van der Waals surface area contributed by atoms with Gasteiger partial charge in [-0.25, -0.2) is 0 Å². The van der Waals surface area contributed by atoms with E-state index < -0.39 is 0 Å². The van der Waals surface area contributed by atoms with Gasteiger partial charge in [0.05, 0.1) is 0 Å². The van der Waals surface area contributed by atoms with Crippen molar-refractivity contribution in [1.29, 1.82) is 0 Å². The van der Waals surface area contributed by atoms with Crippen LogP contribution in [0.15, 0.2) is 0 Å². The Kier molecular flexibility index (Phi) is 12.3. The number of unbranched alkanes of at least 4 members (excludes halogenated alkanes) is 6. The van der Waals surface area contributed by atoms with Crippen LogP contribution in [0.3, 0.4) is 0 Å². The predicted molar refractivity (Wildman–Crippen MR) is 73.7 cm³/mol. The van der Waals surface area contributed by atoms with Gasteiger partial charge in [0.1, 0.15) is 0 Å². The molecule has 0 unspecified atom stereocenters. The molecule has 0 aliphatic rings. The van der Waals surface area contributed by atoms with Crippen LogP contribution in [0.4, 0.5) is 0 Å². The normalized spacial score (nSPS) is 9.53. The summed E-state index contributed by atoms with van der Waals surface area (Å²) < 4.78 is 0. The average Bonchev–Trinajstić information content (AvgIpc) is 2.33. The molecule has 0 atom stereocenters. The molecule has 0 spiro atoms. The van der Waals surface area contributed by atoms with E-state index in [0.717, 1.165) is 12.8 Å². The molecular weight excluding hydrogens is 210 g/mol. The Morgan fingerprint density at radius 2 is 1.71 bits per heavy atom. The maximum atomic E-state index is 11.4. The van der Waals surface area contributed by atoms with Gasteiger partial charge in [-0.05, 0) is 13.3 Å². The van der Waals surface area contributed by atoms with Crippen LogP contribution in [0, 0.1) is 11.8 Å². The molecule has 0 fully saturated rings. The molecule has 0 aromatic rings. The topological polar surface area (TPSA) is 29.1 Å². The van der Waals surface area contributed by atoms with Gasteiger partial charge in [-0.15, -0.1) is 11.8 Å². The summed E-state index contributed by atoms with van der Waals surface area (Å²) in [4.78, 5) is 11.4. The van der Waals surface area contributed by atoms with Gasteiger partial charge in [0.2, 0.25) is 5.91 Å². The van der Waals surface area contributed by atoms with Crippen LogP contribution in [0.25, 0.3) is 0 Å². The van der Waals surface area contributed by atoms with Crippen molar-refractivity contribution >= 4 is 5.91 Å². The van der Waals surface area contributed by atoms with Crippen molar-refractivity contribution in [3.63, 3.8) is 0 Å². The van der Waals surface area contributed by atoms with Gasteiger partial charge in [-0.3, -0.25) is 4.79 Å². The third-order valence-corrected chi connectivity index (χ3v) is 2.76. The third kappa shape index (κ3) is 13.0. The summed E-state index contributed by atoms with van der Waals surface area (Å²) in [5.41, 5.74) is 0. The maximum Gasteiger partial charge on any atom is 0.220 e. The monoisotopic (exact) mass is 237 g/mol. The van der Waals surface area contributed by atoms with Crippen LogP contribution in [-0.4, -0.2) is 12.5 Å². The Hall–Kier alpha value is -0.970. The number of carbonyl (C=O) groups is 1. The molecule has 0 aliphatic carbocycles. The summed E-state index contributed by atoms with van der Waals surface area (Å²) in [5, 5.41) is 2.89. The number of nitrogens with one attached hydrogen (secondary N) is 1. The minimum absolute atomic E-state index is 0.177. The average molecular weight is 237 g/mol. The standard InChI is InChI=1S/C15H27NO/c1-3-5-7-8-9-10-11-13-15(17)16-14-12-6-4-2/h3,5,7-14H2,1-2H3,(H,16,17). The van der Waals surface area contributed by atoms with Crippen LogP contribution >= 0.6 is 0 Å². The largest absolute Gasteiger partial charge is 0.355 e. The molecule has 0 rings (SSSR count). The van der Waals surface area contributed by atoms with Crippen molar-refractivity contribution < 1.29 is 4.79 Å². The Balaban J connectivity index is 3.18. The maximum absolute atomic E-state index is 11.4. The fourth-order valence-electron chi connectivity index (χ4n) is 1.72. The van der Waals surface area contributed by atoms with Gasteiger partial charge < -0.3 is 5.32 Å². The van der Waals surface area contributed by atoms with Crippen LogP contribution in [0.2, 0.25) is 0 Å². The Bertz CT molecular complexity index is 237. The number of carbonyl (C=O) groups excluding carboxylic acids is 1. The van der Waals surface area contributed by atoms with Crippen molar-refractivity contribution in [3.8, 4) is 11.8 Å². The van der Waals surface area contributed by atoms with Gasteiger partial charge in [0.15, 0.2) is 0 Å². The van der Waals surface area contributed by atoms with Gasteiger partial charge in [-0.2, -0.15) is 0 Å². The molecule has 2 nitrogen and oxygen atoms in total. The van der Waals surface area contributed by atoms with Crippen LogP contribution in [0.1, 0.15) is 71.6 Å². The van der Waals surface area contributed by atoms with E-state index in [4.69, 9.17) is 0 Å². The lowest BCUT2D eigenvalue weighted by atomic mass is 10.1. The molecule has 0 aliphatic heterocycles. The van der Waals surface area contributed by atoms with E-state index >= 15 is 0 Å². The van der Waals surface area contributed by atoms with Crippen molar-refractivity contribution in [2.75, 3.05) is 6.54 Å². The molecule has 2 heteroatoms. The Morgan fingerprint density at radius 3 is 2.35 bits per heavy atom. The smallest absolute Gasteiger partial charge is 0.220 e. The lowest BCUT2D eigenvalue weighted by molar-refractivity contribution is -0.121. The third-order valence-electron chi connectivity index (χ3n) is 2.76. The highest BCUT2D eigenvalue weighted by molar-refractivity contribution is 5.75. The molecule has 0 saturated heterocycles. The minimum atomic E-state index is 0.177. The predicted octanol–water partition coefficient (Wildman–Crippen LogP) is 3.66. The van der Waals surface area contributed by atoms with E-state index in [9.17, 15) is 4.79 Å². The highest BCUT2D eigenvalue weighted by Gasteiger charge is 1.99. The molecular formula is C15H27NO. The first-order valence-corrected chi connectivity index (χ1v) is 6.97. The van der Waals surface area contributed by atoms with Crippen LogP contribution in [-0.2, 0) is 4.79 Å². The zero-order valence-electron chi connectivity index (χ0n) is 11.5. The molecule has 0 aromatic heterocycles. The van der Waals surface area contributed by atoms with Crippen molar-refractivity contribution in [3.05, 3.63) is 0 Å². The molecule has 0 heterocycles. The van der Waals surface area contributed by atoms with Gasteiger partial charge in [0, 0.05) is 19.4 Å². The lowest BCUT2D eigenvalue weighted by Crippen LogP contribution is -2.23. The number of rotatable bonds is 10. The first kappa shape index (κ1) is 16.0. The highest BCUT2D eigenvalue weighted by atomic mass is 16.1. The quantitative estimate of drug-likeness (QED) is 0.456. The zero-order chi connectivity index (χ0) is 12.8. The SMILES string of the molecule is CC#CCCNC(=O)CCCCCCCCC. The summed E-state index contributed by atoms with van der Waals surface area (Å²) in [6.07, 6.45) is 10.2. The first-order valence-electron chi connectivity index (χ1n) is 6.97. The van der Waals surface area contributed by atoms with E-state index in [1.54, 1.807) is 0 Å². The molecule has 17 heavy (non-hydrogen) atoms. The van der Waals surface area contributed by atoms with Crippen molar-refractivity contribution in [2.24, 2.45) is 0 Å². The number of hydrogen-bond donors (Lipinski definition) is 1. The van der Waals surface area contributed by atoms with E-state index in [1.807, 2.05) is 6.92 Å². The molecule has 98 valence electrons. The lowest BCUT2D eigenvalue weighted by Gasteiger charge is -2.03. The molecule has 0 bridgehead atoms. The van der Waals surface area contributed by atoms with E-state index in [2.05, 4.69) is 24.1 Å². The van der Waals surface area contributed by atoms with Gasteiger partial charge in [-0.1, -0.05) is 45.4 Å². The van der Waals surface area contributed by atoms with Gasteiger partial charge >= 0.3 is 0 Å². The number of hydrogen-bond acceptors (Lipinski definition) is 1. The first-order chi connectivity index (χ1) is 8.31. The summed E-state index contributed by atoms with van der Waals surface area (Å²) in [6.45, 7) is 4.74. The summed E-state index contributed by atoms with van der Waals surface area (Å²) >= 11 is 0. The zero-order valence-corrected chi connectivity index (χ0v) is 11.5. The fraction of sp³-hybridized carbons (Fsp3) is 0.800.